The number of amides is 6. The molecule has 2 rings (SSSR count). The molecule has 28 nitrogen and oxygen atoms in total. The van der Waals surface area contributed by atoms with E-state index in [0.29, 0.717) is 22.9 Å². The van der Waals surface area contributed by atoms with E-state index < -0.39 is 84.1 Å². The number of para-hydroxylation sites is 1. The third-order valence-electron chi connectivity index (χ3n) is 10.1. The van der Waals surface area contributed by atoms with Crippen LogP contribution in [0.25, 0.3) is 10.9 Å². The van der Waals surface area contributed by atoms with Gasteiger partial charge in [-0.1, -0.05) is 18.2 Å². The summed E-state index contributed by atoms with van der Waals surface area (Å²) >= 11 is 0. The number of benzene rings is 1. The first-order chi connectivity index (χ1) is 32.2. The van der Waals surface area contributed by atoms with Gasteiger partial charge in [0, 0.05) is 56.1 Å². The first kappa shape index (κ1) is 56.2. The minimum atomic E-state index is -1.55. The third-order valence-corrected chi connectivity index (χ3v) is 10.1. The van der Waals surface area contributed by atoms with Crippen molar-refractivity contribution in [2.75, 3.05) is 26.2 Å². The maximum Gasteiger partial charge on any atom is 0.326 e. The Morgan fingerprint density at radius 2 is 0.897 bits per heavy atom. The van der Waals surface area contributed by atoms with Crippen molar-refractivity contribution in [1.82, 2.24) is 31.6 Å². The smallest absolute Gasteiger partial charge is 0.326 e. The van der Waals surface area contributed by atoms with Crippen LogP contribution in [0.1, 0.15) is 69.8 Å². The van der Waals surface area contributed by atoms with Crippen LogP contribution < -0.4 is 83.9 Å². The molecular formula is C40H68N20O8. The molecule has 6 atom stereocenters. The molecule has 0 aliphatic carbocycles. The lowest BCUT2D eigenvalue weighted by Crippen LogP contribution is -2.59. The van der Waals surface area contributed by atoms with Crippen molar-refractivity contribution >= 4 is 76.2 Å². The Morgan fingerprint density at radius 1 is 0.515 bits per heavy atom. The molecule has 0 saturated carbocycles. The molecule has 1 aromatic carbocycles. The van der Waals surface area contributed by atoms with Crippen LogP contribution in [0, 0.1) is 0 Å². The number of carbonyl (C=O) groups is 7. The SMILES string of the molecule is NC(=O)CCC(NC(=O)C(CCCN=C(N)N)NC(=O)C(CCCN=C(N)N)NC(=O)C(N)CCCN=C(N)N)C(=O)NC(Cc1c[nH]c2ccccc12)C(=O)NC(CCCN=C(N)N)C(=O)O. The highest BCUT2D eigenvalue weighted by molar-refractivity contribution is 5.97. The van der Waals surface area contributed by atoms with Gasteiger partial charge in [0.05, 0.1) is 6.04 Å². The van der Waals surface area contributed by atoms with Gasteiger partial charge in [-0.3, -0.25) is 48.7 Å². The summed E-state index contributed by atoms with van der Waals surface area (Å²) in [5, 5.41) is 23.5. The van der Waals surface area contributed by atoms with E-state index in [1.54, 1.807) is 30.5 Å². The topological polar surface area (TPSA) is 525 Å². The van der Waals surface area contributed by atoms with Crippen LogP contribution in [-0.4, -0.2) is 138 Å². The number of H-pyrrole nitrogens is 1. The van der Waals surface area contributed by atoms with E-state index in [2.05, 4.69) is 51.5 Å². The van der Waals surface area contributed by atoms with Gasteiger partial charge in [0.1, 0.15) is 30.2 Å². The number of aliphatic carboxylic acids is 1. The second kappa shape index (κ2) is 29.6. The Labute approximate surface area is 392 Å². The summed E-state index contributed by atoms with van der Waals surface area (Å²) in [6.07, 6.45) is 1.50. The van der Waals surface area contributed by atoms with E-state index in [1.807, 2.05) is 0 Å². The molecule has 0 aliphatic rings. The average Bonchev–Trinajstić information content (AvgIpc) is 3.68. The third kappa shape index (κ3) is 21.8. The Kier molecular flexibility index (Phi) is 24.5. The quantitative estimate of drug-likeness (QED) is 0.0184. The number of carboxylic acids is 1. The fourth-order valence-electron chi connectivity index (χ4n) is 6.61. The summed E-state index contributed by atoms with van der Waals surface area (Å²) in [6.45, 7) is 0.394. The van der Waals surface area contributed by atoms with Gasteiger partial charge in [-0.25, -0.2) is 4.79 Å². The number of nitrogens with two attached hydrogens (primary N) is 10. The molecule has 27 N–H and O–H groups in total. The summed E-state index contributed by atoms with van der Waals surface area (Å²) in [4.78, 5) is 112. The van der Waals surface area contributed by atoms with Crippen molar-refractivity contribution in [3.05, 3.63) is 36.0 Å². The standard InChI is InChI=1S/C40H68N20O8/c41-23(8-3-15-51-37(43)44)31(62)56-25(10-4-16-52-38(45)46)32(63)57-26(11-5-17-53-39(47)48)33(64)58-27(13-14-30(42)61)34(65)60-29(19-21-20-55-24-9-2-1-7-22(21)24)35(66)59-28(36(67)68)12-6-18-54-40(49)50/h1-2,7,9,20,23,25-29,55H,3-6,8,10-19,41H2,(H2,42,61)(H,56,62)(H,57,63)(H,58,64)(H,59,66)(H,60,65)(H,67,68)(H4,43,44,51)(H4,45,46,52)(H4,47,48,53)(H4,49,50,54). The van der Waals surface area contributed by atoms with Crippen molar-refractivity contribution in [3.8, 4) is 0 Å². The van der Waals surface area contributed by atoms with E-state index >= 15 is 0 Å². The van der Waals surface area contributed by atoms with Gasteiger partial charge < -0.3 is 94.0 Å². The van der Waals surface area contributed by atoms with Crippen molar-refractivity contribution in [3.63, 3.8) is 0 Å². The second-order valence-electron chi connectivity index (χ2n) is 15.6. The van der Waals surface area contributed by atoms with Crippen LogP contribution in [0.5, 0.6) is 0 Å². The number of hydrogen-bond acceptors (Lipinski definition) is 12. The predicted molar refractivity (Wildman–Crippen MR) is 255 cm³/mol. The molecule has 28 heteroatoms. The largest absolute Gasteiger partial charge is 0.480 e. The fraction of sp³-hybridized carbons (Fsp3) is 0.525. The van der Waals surface area contributed by atoms with E-state index in [4.69, 9.17) is 57.3 Å². The summed E-state index contributed by atoms with van der Waals surface area (Å²) in [6, 6.07) is -1.03. The Morgan fingerprint density at radius 3 is 1.35 bits per heavy atom. The highest BCUT2D eigenvalue weighted by Gasteiger charge is 2.33. The zero-order chi connectivity index (χ0) is 50.8. The van der Waals surface area contributed by atoms with Crippen LogP contribution in [0.3, 0.4) is 0 Å². The van der Waals surface area contributed by atoms with Crippen LogP contribution in [-0.2, 0) is 40.0 Å². The molecular weight excluding hydrogens is 889 g/mol. The van der Waals surface area contributed by atoms with E-state index in [-0.39, 0.29) is 108 Å². The number of carbonyl (C=O) groups excluding carboxylic acids is 6. The Hall–Kier alpha value is -7.91. The van der Waals surface area contributed by atoms with Crippen molar-refractivity contribution < 1.29 is 38.7 Å². The average molecular weight is 957 g/mol. The molecule has 0 saturated heterocycles. The van der Waals surface area contributed by atoms with Crippen molar-refractivity contribution in [1.29, 1.82) is 0 Å². The number of guanidine groups is 4. The summed E-state index contributed by atoms with van der Waals surface area (Å²) in [7, 11) is 0. The molecule has 0 aliphatic heterocycles. The Bertz CT molecular complexity index is 2130. The number of fused-ring (bicyclic) bond motifs is 1. The summed E-state index contributed by atoms with van der Waals surface area (Å²) in [5.41, 5.74) is 56.2. The van der Waals surface area contributed by atoms with Gasteiger partial charge in [0.25, 0.3) is 0 Å². The number of nitrogens with zero attached hydrogens (tertiary/aromatic N) is 4. The van der Waals surface area contributed by atoms with Crippen LogP contribution in [0.2, 0.25) is 0 Å². The lowest BCUT2D eigenvalue weighted by atomic mass is 10.0. The zero-order valence-electron chi connectivity index (χ0n) is 37.8. The van der Waals surface area contributed by atoms with Gasteiger partial charge in [-0.15, -0.1) is 0 Å². The normalized spacial score (nSPS) is 13.4. The molecule has 1 aromatic heterocycles. The molecule has 376 valence electrons. The molecule has 2 aromatic rings. The number of carboxylic acid groups (broad SMARTS) is 1. The minimum absolute atomic E-state index is 0.0139. The van der Waals surface area contributed by atoms with Gasteiger partial charge in [0.15, 0.2) is 23.8 Å². The molecule has 1 heterocycles. The number of hydrogen-bond donors (Lipinski definition) is 17. The lowest BCUT2D eigenvalue weighted by Gasteiger charge is -2.27. The minimum Gasteiger partial charge on any atom is -0.480 e. The summed E-state index contributed by atoms with van der Waals surface area (Å²) in [5.74, 6) is -7.23. The fourth-order valence-corrected chi connectivity index (χ4v) is 6.61. The monoisotopic (exact) mass is 957 g/mol. The van der Waals surface area contributed by atoms with Crippen molar-refractivity contribution in [2.24, 2.45) is 77.3 Å². The predicted octanol–water partition coefficient (Wildman–Crippen LogP) is -5.97. The van der Waals surface area contributed by atoms with Gasteiger partial charge >= 0.3 is 5.97 Å². The second-order valence-corrected chi connectivity index (χ2v) is 15.6. The summed E-state index contributed by atoms with van der Waals surface area (Å²) < 4.78 is 0. The van der Waals surface area contributed by atoms with Gasteiger partial charge in [0.2, 0.25) is 35.4 Å². The maximum atomic E-state index is 14.2. The van der Waals surface area contributed by atoms with Crippen LogP contribution in [0.15, 0.2) is 50.4 Å². The number of aliphatic imine (C=N–C) groups is 4. The number of aromatic amines is 1. The molecule has 68 heavy (non-hydrogen) atoms. The molecule has 6 amide bonds. The molecule has 6 unspecified atom stereocenters. The molecule has 0 spiro atoms. The number of rotatable bonds is 32. The Balaban J connectivity index is 2.48. The zero-order valence-corrected chi connectivity index (χ0v) is 37.8. The van der Waals surface area contributed by atoms with Crippen LogP contribution in [0.4, 0.5) is 0 Å². The maximum absolute atomic E-state index is 14.2. The number of aromatic nitrogens is 1. The molecule has 0 fully saturated rings. The lowest BCUT2D eigenvalue weighted by molar-refractivity contribution is -0.142. The first-order valence-corrected chi connectivity index (χ1v) is 21.7. The first-order valence-electron chi connectivity index (χ1n) is 21.7. The number of nitrogens with one attached hydrogen (secondary N) is 6. The van der Waals surface area contributed by atoms with Gasteiger partial charge in [-0.2, -0.15) is 0 Å². The highest BCUT2D eigenvalue weighted by Crippen LogP contribution is 2.20. The van der Waals surface area contributed by atoms with E-state index in [1.165, 1.54) is 0 Å². The number of primary amides is 1. The van der Waals surface area contributed by atoms with E-state index in [9.17, 15) is 38.7 Å². The molecule has 0 radical (unpaired) electrons. The van der Waals surface area contributed by atoms with Gasteiger partial charge in [-0.05, 0) is 69.4 Å². The molecule has 0 bridgehead atoms. The van der Waals surface area contributed by atoms with Crippen molar-refractivity contribution in [2.45, 2.75) is 107 Å². The van der Waals surface area contributed by atoms with E-state index in [0.717, 1.165) is 0 Å². The van der Waals surface area contributed by atoms with Crippen LogP contribution >= 0.6 is 0 Å². The highest BCUT2D eigenvalue weighted by atomic mass is 16.4.